The zero-order valence-corrected chi connectivity index (χ0v) is 19.2. The van der Waals surface area contributed by atoms with Crippen molar-refractivity contribution < 1.29 is 23.8 Å². The van der Waals surface area contributed by atoms with Gasteiger partial charge in [-0.05, 0) is 32.0 Å². The van der Waals surface area contributed by atoms with Gasteiger partial charge in [0.2, 0.25) is 5.91 Å². The zero-order chi connectivity index (χ0) is 24.2. The van der Waals surface area contributed by atoms with Gasteiger partial charge in [0, 0.05) is 37.0 Å². The number of hydrogen-bond acceptors (Lipinski definition) is 7. The SMILES string of the molecule is CC1C(=O)NN=C2COc3cc(-c4ccccc4F)c(N(C)C4(C)CN(C(=O)CO)C4)cc3N21. The summed E-state index contributed by atoms with van der Waals surface area (Å²) in [6, 6.07) is 9.73. The molecule has 1 unspecified atom stereocenters. The third-order valence-corrected chi connectivity index (χ3v) is 6.92. The molecule has 0 aliphatic carbocycles. The summed E-state index contributed by atoms with van der Waals surface area (Å²) in [7, 11) is 1.90. The fourth-order valence-corrected chi connectivity index (χ4v) is 4.79. The Balaban J connectivity index is 1.63. The maximum Gasteiger partial charge on any atom is 0.262 e. The third kappa shape index (κ3) is 3.37. The van der Waals surface area contributed by atoms with Crippen LogP contribution in [0.4, 0.5) is 15.8 Å². The van der Waals surface area contributed by atoms with Crippen molar-refractivity contribution in [2.75, 3.05) is 43.2 Å². The van der Waals surface area contributed by atoms with E-state index in [-0.39, 0.29) is 24.2 Å². The maximum atomic E-state index is 14.9. The van der Waals surface area contributed by atoms with Crippen molar-refractivity contribution in [1.29, 1.82) is 0 Å². The van der Waals surface area contributed by atoms with Crippen molar-refractivity contribution in [3.8, 4) is 16.9 Å². The van der Waals surface area contributed by atoms with Crippen LogP contribution in [0.3, 0.4) is 0 Å². The van der Waals surface area contributed by atoms with Crippen LogP contribution in [0.5, 0.6) is 5.75 Å². The highest BCUT2D eigenvalue weighted by Gasteiger charge is 2.45. The van der Waals surface area contributed by atoms with Gasteiger partial charge in [0.15, 0.2) is 5.84 Å². The van der Waals surface area contributed by atoms with Gasteiger partial charge >= 0.3 is 0 Å². The molecule has 0 radical (unpaired) electrons. The summed E-state index contributed by atoms with van der Waals surface area (Å²) >= 11 is 0. The van der Waals surface area contributed by atoms with E-state index in [0.717, 1.165) is 5.69 Å². The number of nitrogens with one attached hydrogen (secondary N) is 1. The molecule has 10 heteroatoms. The molecule has 1 fully saturated rings. The van der Waals surface area contributed by atoms with Crippen LogP contribution in [0.2, 0.25) is 0 Å². The van der Waals surface area contributed by atoms with E-state index in [9.17, 15) is 19.1 Å². The van der Waals surface area contributed by atoms with E-state index in [4.69, 9.17) is 4.74 Å². The van der Waals surface area contributed by atoms with Gasteiger partial charge in [-0.1, -0.05) is 18.2 Å². The molecular formula is C24H26FN5O4. The highest BCUT2D eigenvalue weighted by atomic mass is 19.1. The minimum atomic E-state index is -0.534. The van der Waals surface area contributed by atoms with Crippen LogP contribution in [0.15, 0.2) is 41.5 Å². The van der Waals surface area contributed by atoms with Crippen LogP contribution < -0.4 is 20.0 Å². The normalized spacial score (nSPS) is 20.3. The number of amidine groups is 1. The van der Waals surface area contributed by atoms with E-state index in [2.05, 4.69) is 10.5 Å². The van der Waals surface area contributed by atoms with Crippen molar-refractivity contribution in [1.82, 2.24) is 10.3 Å². The standard InChI is InChI=1S/C24H26FN5O4/c1-14-23(33)27-26-21-11-34-20-8-16(15-6-4-5-7-17(15)25)18(9-19(20)30(14)21)28(3)24(2)12-29(13-24)22(32)10-31/h4-9,14,31H,10-13H2,1-3H3,(H,27,33). The van der Waals surface area contributed by atoms with Gasteiger partial charge < -0.3 is 24.5 Å². The monoisotopic (exact) mass is 467 g/mol. The average molecular weight is 468 g/mol. The number of hydrogen-bond donors (Lipinski definition) is 2. The van der Waals surface area contributed by atoms with E-state index in [1.54, 1.807) is 36.1 Å². The smallest absolute Gasteiger partial charge is 0.262 e. The van der Waals surface area contributed by atoms with Crippen LogP contribution in [-0.4, -0.2) is 72.6 Å². The number of rotatable bonds is 4. The minimum absolute atomic E-state index is 0.180. The highest BCUT2D eigenvalue weighted by Crippen LogP contribution is 2.46. The predicted octanol–water partition coefficient (Wildman–Crippen LogP) is 1.55. The number of benzene rings is 2. The maximum absolute atomic E-state index is 14.9. The van der Waals surface area contributed by atoms with E-state index >= 15 is 0 Å². The fourth-order valence-electron chi connectivity index (χ4n) is 4.79. The molecule has 34 heavy (non-hydrogen) atoms. The molecule has 0 aromatic heterocycles. The summed E-state index contributed by atoms with van der Waals surface area (Å²) in [5.41, 5.74) is 4.54. The topological polar surface area (TPSA) is 97.7 Å². The Morgan fingerprint density at radius 1 is 1.32 bits per heavy atom. The van der Waals surface area contributed by atoms with Crippen LogP contribution in [-0.2, 0) is 9.59 Å². The van der Waals surface area contributed by atoms with Crippen molar-refractivity contribution >= 4 is 29.0 Å². The zero-order valence-electron chi connectivity index (χ0n) is 19.2. The lowest BCUT2D eigenvalue weighted by Gasteiger charge is -2.54. The lowest BCUT2D eigenvalue weighted by Crippen LogP contribution is -2.69. The molecule has 0 bridgehead atoms. The largest absolute Gasteiger partial charge is 0.483 e. The van der Waals surface area contributed by atoms with Gasteiger partial charge in [0.05, 0.1) is 11.2 Å². The predicted molar refractivity (Wildman–Crippen MR) is 125 cm³/mol. The molecule has 2 amide bonds. The first-order chi connectivity index (χ1) is 16.2. The fraction of sp³-hybridized carbons (Fsp3) is 0.375. The van der Waals surface area contributed by atoms with Gasteiger partial charge in [-0.25, -0.2) is 9.82 Å². The summed E-state index contributed by atoms with van der Waals surface area (Å²) in [4.78, 5) is 29.7. The lowest BCUT2D eigenvalue weighted by atomic mass is 9.88. The molecule has 2 aromatic rings. The first kappa shape index (κ1) is 22.1. The van der Waals surface area contributed by atoms with Gasteiger partial charge in [-0.15, -0.1) is 0 Å². The first-order valence-corrected chi connectivity index (χ1v) is 11.1. The molecule has 0 spiro atoms. The molecule has 1 saturated heterocycles. The summed E-state index contributed by atoms with van der Waals surface area (Å²) < 4.78 is 20.9. The van der Waals surface area contributed by atoms with E-state index < -0.39 is 18.2 Å². The number of halogens is 1. The molecule has 0 saturated carbocycles. The van der Waals surface area contributed by atoms with Crippen molar-refractivity contribution in [2.24, 2.45) is 5.10 Å². The minimum Gasteiger partial charge on any atom is -0.483 e. The van der Waals surface area contributed by atoms with Gasteiger partial charge in [0.25, 0.3) is 5.91 Å². The number of nitrogens with zero attached hydrogens (tertiary/aromatic N) is 4. The van der Waals surface area contributed by atoms with E-state index in [1.807, 2.05) is 29.8 Å². The van der Waals surface area contributed by atoms with Crippen molar-refractivity contribution in [3.63, 3.8) is 0 Å². The third-order valence-electron chi connectivity index (χ3n) is 6.92. The Hall–Kier alpha value is -3.66. The second kappa shape index (κ2) is 7.98. The second-order valence-corrected chi connectivity index (χ2v) is 9.12. The number of likely N-dealkylation sites (tertiary alicyclic amines) is 1. The highest BCUT2D eigenvalue weighted by molar-refractivity contribution is 6.10. The Labute approximate surface area is 196 Å². The molecular weight excluding hydrogens is 441 g/mol. The van der Waals surface area contributed by atoms with Gasteiger partial charge in [-0.3, -0.25) is 9.59 Å². The Bertz CT molecular complexity index is 1210. The quantitative estimate of drug-likeness (QED) is 0.708. The molecule has 1 atom stereocenters. The number of anilines is 2. The van der Waals surface area contributed by atoms with Crippen LogP contribution in [0, 0.1) is 5.82 Å². The Morgan fingerprint density at radius 3 is 2.76 bits per heavy atom. The number of carbonyl (C=O) groups is 2. The number of amides is 2. The van der Waals surface area contributed by atoms with Crippen molar-refractivity contribution in [3.05, 3.63) is 42.2 Å². The number of aliphatic hydroxyl groups is 1. The number of likely N-dealkylation sites (N-methyl/N-ethyl adjacent to an activating group) is 1. The Kier molecular flexibility index (Phi) is 5.20. The number of carbonyl (C=O) groups excluding carboxylic acids is 2. The molecule has 3 aliphatic rings. The van der Waals surface area contributed by atoms with Crippen LogP contribution >= 0.6 is 0 Å². The van der Waals surface area contributed by atoms with Crippen LogP contribution in [0.25, 0.3) is 11.1 Å². The van der Waals surface area contributed by atoms with Crippen LogP contribution in [0.1, 0.15) is 13.8 Å². The number of fused-ring (bicyclic) bond motifs is 3. The van der Waals surface area contributed by atoms with E-state index in [1.165, 1.54) is 6.07 Å². The summed E-state index contributed by atoms with van der Waals surface area (Å²) in [6.07, 6.45) is 0. The number of aliphatic hydroxyl groups excluding tert-OH is 1. The van der Waals surface area contributed by atoms with Crippen molar-refractivity contribution in [2.45, 2.75) is 25.4 Å². The summed E-state index contributed by atoms with van der Waals surface area (Å²) in [5, 5.41) is 13.3. The molecule has 3 aliphatic heterocycles. The molecule has 178 valence electrons. The molecule has 5 rings (SSSR count). The molecule has 2 aromatic carbocycles. The second-order valence-electron chi connectivity index (χ2n) is 9.12. The molecule has 9 nitrogen and oxygen atoms in total. The number of hydrazone groups is 1. The number of ether oxygens (including phenoxy) is 1. The Morgan fingerprint density at radius 2 is 2.06 bits per heavy atom. The first-order valence-electron chi connectivity index (χ1n) is 11.1. The molecule has 2 N–H and O–H groups in total. The molecule has 3 heterocycles. The summed E-state index contributed by atoms with van der Waals surface area (Å²) in [6.45, 7) is 4.29. The average Bonchev–Trinajstić information content (AvgIpc) is 2.82. The van der Waals surface area contributed by atoms with Gasteiger partial charge in [0.1, 0.15) is 30.8 Å². The summed E-state index contributed by atoms with van der Waals surface area (Å²) in [5.74, 6) is 0.201. The lowest BCUT2D eigenvalue weighted by molar-refractivity contribution is -0.141. The van der Waals surface area contributed by atoms with Gasteiger partial charge in [-0.2, -0.15) is 5.10 Å². The van der Waals surface area contributed by atoms with E-state index in [0.29, 0.717) is 41.5 Å².